The molecule has 4 rings (SSSR count). The zero-order valence-electron chi connectivity index (χ0n) is 14.3. The van der Waals surface area contributed by atoms with Crippen LogP contribution < -0.4 is 0 Å². The van der Waals surface area contributed by atoms with E-state index in [0.717, 1.165) is 57.0 Å². The predicted molar refractivity (Wildman–Crippen MR) is 103 cm³/mol. The average Bonchev–Trinajstić information content (AvgIpc) is 3.11. The lowest BCUT2D eigenvalue weighted by Gasteiger charge is -2.35. The number of rotatable bonds is 3. The Bertz CT molecular complexity index is 734. The number of carbonyl (C=O) groups excluding carboxylic acids is 1. The summed E-state index contributed by atoms with van der Waals surface area (Å²) in [6.45, 7) is 4.63. The highest BCUT2D eigenvalue weighted by Crippen LogP contribution is 2.27. The molecule has 1 aromatic heterocycles. The molecule has 0 radical (unpaired) electrons. The molecule has 2 aromatic rings. The minimum Gasteiger partial charge on any atom is -0.338 e. The summed E-state index contributed by atoms with van der Waals surface area (Å²) in [5.41, 5.74) is 2.64. The second-order valence-corrected chi connectivity index (χ2v) is 8.49. The molecule has 0 unspecified atom stereocenters. The van der Waals surface area contributed by atoms with Gasteiger partial charge in [0, 0.05) is 35.5 Å². The minimum absolute atomic E-state index is 0.196. The fourth-order valence-corrected chi connectivity index (χ4v) is 4.90. The number of piperidine rings is 1. The van der Waals surface area contributed by atoms with Crippen LogP contribution in [0.15, 0.2) is 35.7 Å². The van der Waals surface area contributed by atoms with Crippen LogP contribution in [0.3, 0.4) is 0 Å². The van der Waals surface area contributed by atoms with Crippen LogP contribution in [0.25, 0.3) is 0 Å². The Kier molecular flexibility index (Phi) is 5.11. The summed E-state index contributed by atoms with van der Waals surface area (Å²) >= 11 is 7.78. The number of amides is 1. The molecule has 1 saturated heterocycles. The summed E-state index contributed by atoms with van der Waals surface area (Å²) in [7, 11) is 0. The molecule has 1 amide bonds. The summed E-state index contributed by atoms with van der Waals surface area (Å²) in [6, 6.07) is 10.2. The summed E-state index contributed by atoms with van der Waals surface area (Å²) in [5, 5.41) is 2.93. The predicted octanol–water partition coefficient (Wildman–Crippen LogP) is 4.20. The number of halogens is 1. The molecular formula is C20H23ClN2OS. The lowest BCUT2D eigenvalue weighted by Crippen LogP contribution is -2.43. The first-order chi connectivity index (χ1) is 12.2. The van der Waals surface area contributed by atoms with Crippen LogP contribution in [-0.4, -0.2) is 35.3 Å². The second-order valence-electron chi connectivity index (χ2n) is 7.06. The highest BCUT2D eigenvalue weighted by molar-refractivity contribution is 7.10. The maximum atomic E-state index is 12.9. The number of hydrogen-bond acceptors (Lipinski definition) is 3. The number of fused-ring (bicyclic) bond motifs is 1. The van der Waals surface area contributed by atoms with Crippen LogP contribution >= 0.6 is 22.9 Å². The Morgan fingerprint density at radius 2 is 1.88 bits per heavy atom. The van der Waals surface area contributed by atoms with E-state index < -0.39 is 0 Å². The number of carbonyl (C=O) groups is 1. The van der Waals surface area contributed by atoms with Gasteiger partial charge >= 0.3 is 0 Å². The highest BCUT2D eigenvalue weighted by atomic mass is 35.5. The monoisotopic (exact) mass is 374 g/mol. The van der Waals surface area contributed by atoms with Gasteiger partial charge in [-0.25, -0.2) is 0 Å². The van der Waals surface area contributed by atoms with E-state index in [9.17, 15) is 4.79 Å². The number of likely N-dealkylation sites (tertiary alicyclic amines) is 1. The van der Waals surface area contributed by atoms with E-state index in [-0.39, 0.29) is 5.92 Å². The Morgan fingerprint density at radius 1 is 1.12 bits per heavy atom. The van der Waals surface area contributed by atoms with Gasteiger partial charge in [-0.3, -0.25) is 9.69 Å². The Hall–Kier alpha value is -1.36. The van der Waals surface area contributed by atoms with E-state index >= 15 is 0 Å². The van der Waals surface area contributed by atoms with Crippen molar-refractivity contribution >= 4 is 28.8 Å². The van der Waals surface area contributed by atoms with Gasteiger partial charge in [-0.15, -0.1) is 11.3 Å². The van der Waals surface area contributed by atoms with Crippen molar-refractivity contribution in [1.82, 2.24) is 9.80 Å². The van der Waals surface area contributed by atoms with Crippen LogP contribution in [0, 0.1) is 5.92 Å². The molecule has 5 heteroatoms. The van der Waals surface area contributed by atoms with Crippen LogP contribution in [0.2, 0.25) is 5.02 Å². The maximum Gasteiger partial charge on any atom is 0.226 e. The molecule has 1 fully saturated rings. The Labute approximate surface area is 158 Å². The zero-order chi connectivity index (χ0) is 17.2. The van der Waals surface area contributed by atoms with E-state index in [1.54, 1.807) is 0 Å². The lowest BCUT2D eigenvalue weighted by molar-refractivity contribution is -0.138. The highest BCUT2D eigenvalue weighted by Gasteiger charge is 2.30. The summed E-state index contributed by atoms with van der Waals surface area (Å²) in [4.78, 5) is 18.9. The first-order valence-electron chi connectivity index (χ1n) is 9.00. The third kappa shape index (κ3) is 3.91. The number of nitrogens with zero attached hydrogens (tertiary/aromatic N) is 2. The van der Waals surface area contributed by atoms with Crippen molar-refractivity contribution < 1.29 is 4.79 Å². The van der Waals surface area contributed by atoms with Crippen molar-refractivity contribution in [3.63, 3.8) is 0 Å². The molecule has 2 aliphatic heterocycles. The quantitative estimate of drug-likeness (QED) is 0.803. The Morgan fingerprint density at radius 3 is 2.64 bits per heavy atom. The third-order valence-corrected chi connectivity index (χ3v) is 6.65. The summed E-state index contributed by atoms with van der Waals surface area (Å²) < 4.78 is 0. The molecular weight excluding hydrogens is 352 g/mol. The smallest absolute Gasteiger partial charge is 0.226 e. The SMILES string of the molecule is O=C(C1CCN(Cc2ccc(Cl)cc2)CC1)N1CCc2sccc2C1. The molecule has 2 aliphatic rings. The first-order valence-corrected chi connectivity index (χ1v) is 10.3. The van der Waals surface area contributed by atoms with Crippen molar-refractivity contribution in [2.24, 2.45) is 5.92 Å². The third-order valence-electron chi connectivity index (χ3n) is 5.38. The fourth-order valence-electron chi connectivity index (χ4n) is 3.88. The van der Waals surface area contributed by atoms with Gasteiger partial charge < -0.3 is 4.90 Å². The topological polar surface area (TPSA) is 23.6 Å². The van der Waals surface area contributed by atoms with Gasteiger partial charge in [0.15, 0.2) is 0 Å². The fraction of sp³-hybridized carbons (Fsp3) is 0.450. The second kappa shape index (κ2) is 7.48. The van der Waals surface area contributed by atoms with E-state index in [4.69, 9.17) is 11.6 Å². The molecule has 0 aliphatic carbocycles. The summed E-state index contributed by atoms with van der Waals surface area (Å²) in [6.07, 6.45) is 2.97. The van der Waals surface area contributed by atoms with E-state index in [1.165, 1.54) is 16.0 Å². The van der Waals surface area contributed by atoms with Crippen LogP contribution in [0.4, 0.5) is 0 Å². The minimum atomic E-state index is 0.196. The van der Waals surface area contributed by atoms with Crippen LogP contribution in [0.5, 0.6) is 0 Å². The number of benzene rings is 1. The van der Waals surface area contributed by atoms with Crippen molar-refractivity contribution in [3.05, 3.63) is 56.7 Å². The Balaban J connectivity index is 1.30. The van der Waals surface area contributed by atoms with Crippen molar-refractivity contribution in [2.45, 2.75) is 32.4 Å². The number of hydrogen-bond donors (Lipinski definition) is 0. The maximum absolute atomic E-state index is 12.9. The standard InChI is InChI=1S/C20H23ClN2OS/c21-18-3-1-15(2-4-18)13-22-9-5-16(6-10-22)20(24)23-11-7-19-17(14-23)8-12-25-19/h1-4,8,12,16H,5-7,9-11,13-14H2. The van der Waals surface area contributed by atoms with E-state index in [1.807, 2.05) is 23.5 Å². The van der Waals surface area contributed by atoms with E-state index in [2.05, 4.69) is 33.4 Å². The molecule has 0 saturated carbocycles. The molecule has 3 nitrogen and oxygen atoms in total. The summed E-state index contributed by atoms with van der Waals surface area (Å²) in [5.74, 6) is 0.560. The van der Waals surface area contributed by atoms with Crippen molar-refractivity contribution in [3.8, 4) is 0 Å². The largest absolute Gasteiger partial charge is 0.338 e. The van der Waals surface area contributed by atoms with Crippen molar-refractivity contribution in [1.29, 1.82) is 0 Å². The average molecular weight is 375 g/mol. The molecule has 0 bridgehead atoms. The molecule has 0 spiro atoms. The van der Waals surface area contributed by atoms with Gasteiger partial charge in [-0.05, 0) is 67.1 Å². The molecule has 0 atom stereocenters. The zero-order valence-corrected chi connectivity index (χ0v) is 15.9. The van der Waals surface area contributed by atoms with Crippen LogP contribution in [0.1, 0.15) is 28.8 Å². The first kappa shape index (κ1) is 17.1. The van der Waals surface area contributed by atoms with Gasteiger partial charge in [-0.2, -0.15) is 0 Å². The molecule has 0 N–H and O–H groups in total. The molecule has 1 aromatic carbocycles. The van der Waals surface area contributed by atoms with Gasteiger partial charge in [0.2, 0.25) is 5.91 Å². The molecule has 25 heavy (non-hydrogen) atoms. The van der Waals surface area contributed by atoms with Gasteiger partial charge in [0.25, 0.3) is 0 Å². The van der Waals surface area contributed by atoms with Gasteiger partial charge in [-0.1, -0.05) is 23.7 Å². The van der Waals surface area contributed by atoms with E-state index in [0.29, 0.717) is 5.91 Å². The normalized spacial score (nSPS) is 19.0. The van der Waals surface area contributed by atoms with Crippen LogP contribution in [-0.2, 0) is 24.3 Å². The number of thiophene rings is 1. The van der Waals surface area contributed by atoms with Gasteiger partial charge in [0.05, 0.1) is 0 Å². The molecule has 132 valence electrons. The van der Waals surface area contributed by atoms with Gasteiger partial charge in [0.1, 0.15) is 0 Å². The van der Waals surface area contributed by atoms with Crippen molar-refractivity contribution in [2.75, 3.05) is 19.6 Å². The molecule has 3 heterocycles. The lowest BCUT2D eigenvalue weighted by atomic mass is 9.94.